The molecule has 0 amide bonds. The van der Waals surface area contributed by atoms with Crippen LogP contribution in [-0.2, 0) is 0 Å². The third-order valence-corrected chi connectivity index (χ3v) is 2.74. The smallest absolute Gasteiger partial charge is 0.0417 e. The summed E-state index contributed by atoms with van der Waals surface area (Å²) in [5.74, 6) is 0. The molecule has 1 aromatic rings. The van der Waals surface area contributed by atoms with Crippen LogP contribution in [0, 0.1) is 0 Å². The first-order chi connectivity index (χ1) is 6.83. The maximum absolute atomic E-state index is 6.05. The van der Waals surface area contributed by atoms with E-state index in [-0.39, 0.29) is 6.04 Å². The minimum absolute atomic E-state index is 0.201. The van der Waals surface area contributed by atoms with Crippen LogP contribution in [0.3, 0.4) is 0 Å². The van der Waals surface area contributed by atoms with E-state index in [0.29, 0.717) is 0 Å². The maximum atomic E-state index is 6.05. The van der Waals surface area contributed by atoms with E-state index in [0.717, 1.165) is 19.5 Å². The molecule has 1 aromatic carbocycles. The van der Waals surface area contributed by atoms with Gasteiger partial charge in [0.15, 0.2) is 0 Å². The van der Waals surface area contributed by atoms with Crippen molar-refractivity contribution < 1.29 is 0 Å². The quantitative estimate of drug-likeness (QED) is 0.720. The second-order valence-corrected chi connectivity index (χ2v) is 3.69. The van der Waals surface area contributed by atoms with Gasteiger partial charge in [0.2, 0.25) is 0 Å². The molecule has 1 atom stereocenters. The Hall–Kier alpha value is -1.28. The number of nitrogens with two attached hydrogens (primary N) is 1. The van der Waals surface area contributed by atoms with E-state index in [2.05, 4.69) is 35.7 Å². The highest BCUT2D eigenvalue weighted by Gasteiger charge is 2.20. The number of rotatable bonds is 2. The molecule has 2 N–H and O–H groups in total. The molecule has 0 fully saturated rings. The summed E-state index contributed by atoms with van der Waals surface area (Å²) in [6.07, 6.45) is 2.97. The fourth-order valence-corrected chi connectivity index (χ4v) is 2.01. The molecule has 1 unspecified atom stereocenters. The molecule has 0 bridgehead atoms. The van der Waals surface area contributed by atoms with Crippen LogP contribution in [0.4, 0.5) is 5.69 Å². The molecule has 14 heavy (non-hydrogen) atoms. The van der Waals surface area contributed by atoms with E-state index in [9.17, 15) is 0 Å². The molecule has 1 aliphatic rings. The lowest BCUT2D eigenvalue weighted by Gasteiger charge is -2.33. The molecule has 0 aromatic heterocycles. The average molecular weight is 188 g/mol. The Kier molecular flexibility index (Phi) is 2.55. The minimum atomic E-state index is 0.201. The van der Waals surface area contributed by atoms with Crippen LogP contribution >= 0.6 is 0 Å². The number of hydrogen-bond acceptors (Lipinski definition) is 2. The molecule has 0 aliphatic carbocycles. The van der Waals surface area contributed by atoms with Crippen molar-refractivity contribution in [2.45, 2.75) is 12.5 Å². The zero-order valence-electron chi connectivity index (χ0n) is 8.32. The predicted molar refractivity (Wildman–Crippen MR) is 60.4 cm³/mol. The van der Waals surface area contributed by atoms with E-state index < -0.39 is 0 Å². The number of hydrogen-bond donors (Lipinski definition) is 1. The molecule has 0 radical (unpaired) electrons. The molecule has 1 aliphatic heterocycles. The lowest BCUT2D eigenvalue weighted by atomic mass is 9.97. The standard InChI is InChI=1S/C12H16N2/c1-2-8-14-9-7-11(13)10-5-3-4-6-12(10)14/h2-6,11H,1,7-9,13H2. The van der Waals surface area contributed by atoms with Gasteiger partial charge in [-0.3, -0.25) is 0 Å². The van der Waals surface area contributed by atoms with E-state index >= 15 is 0 Å². The first-order valence-electron chi connectivity index (χ1n) is 5.03. The zero-order valence-corrected chi connectivity index (χ0v) is 8.32. The Bertz CT molecular complexity index is 333. The Morgan fingerprint density at radius 1 is 1.50 bits per heavy atom. The van der Waals surface area contributed by atoms with Crippen LogP contribution in [0.5, 0.6) is 0 Å². The topological polar surface area (TPSA) is 29.3 Å². The molecule has 0 saturated carbocycles. The van der Waals surface area contributed by atoms with Gasteiger partial charge in [0.25, 0.3) is 0 Å². The first kappa shape index (κ1) is 9.28. The average Bonchev–Trinajstić information content (AvgIpc) is 2.23. The van der Waals surface area contributed by atoms with Gasteiger partial charge in [-0.1, -0.05) is 24.3 Å². The SMILES string of the molecule is C=CCN1CCC(N)c2ccccc21. The summed E-state index contributed by atoms with van der Waals surface area (Å²) in [5.41, 5.74) is 8.59. The second-order valence-electron chi connectivity index (χ2n) is 3.69. The highest BCUT2D eigenvalue weighted by molar-refractivity contribution is 5.57. The van der Waals surface area contributed by atoms with Gasteiger partial charge < -0.3 is 10.6 Å². The zero-order chi connectivity index (χ0) is 9.97. The van der Waals surface area contributed by atoms with Crippen LogP contribution in [0.15, 0.2) is 36.9 Å². The van der Waals surface area contributed by atoms with Gasteiger partial charge in [0.1, 0.15) is 0 Å². The number of para-hydroxylation sites is 1. The van der Waals surface area contributed by atoms with Gasteiger partial charge in [-0.25, -0.2) is 0 Å². The monoisotopic (exact) mass is 188 g/mol. The highest BCUT2D eigenvalue weighted by Crippen LogP contribution is 2.31. The number of nitrogens with zero attached hydrogens (tertiary/aromatic N) is 1. The number of anilines is 1. The molecule has 1 heterocycles. The van der Waals surface area contributed by atoms with E-state index in [1.54, 1.807) is 0 Å². The van der Waals surface area contributed by atoms with E-state index in [1.165, 1.54) is 11.3 Å². The third-order valence-electron chi connectivity index (χ3n) is 2.74. The molecule has 2 heteroatoms. The van der Waals surface area contributed by atoms with E-state index in [4.69, 9.17) is 5.73 Å². The van der Waals surface area contributed by atoms with Crippen LogP contribution < -0.4 is 10.6 Å². The summed E-state index contributed by atoms with van der Waals surface area (Å²) in [6, 6.07) is 8.57. The molecule has 2 nitrogen and oxygen atoms in total. The molecular formula is C12H16N2. The van der Waals surface area contributed by atoms with Crippen molar-refractivity contribution in [3.63, 3.8) is 0 Å². The first-order valence-corrected chi connectivity index (χ1v) is 5.03. The van der Waals surface area contributed by atoms with Gasteiger partial charge in [0, 0.05) is 24.8 Å². The molecule has 2 rings (SSSR count). The summed E-state index contributed by atoms with van der Waals surface area (Å²) in [5, 5.41) is 0. The number of benzene rings is 1. The van der Waals surface area contributed by atoms with Crippen molar-refractivity contribution in [1.29, 1.82) is 0 Å². The highest BCUT2D eigenvalue weighted by atomic mass is 15.1. The van der Waals surface area contributed by atoms with Crippen molar-refractivity contribution in [3.05, 3.63) is 42.5 Å². The van der Waals surface area contributed by atoms with Crippen LogP contribution in [0.2, 0.25) is 0 Å². The van der Waals surface area contributed by atoms with Crippen LogP contribution in [-0.4, -0.2) is 13.1 Å². The van der Waals surface area contributed by atoms with Gasteiger partial charge in [-0.05, 0) is 18.1 Å². The van der Waals surface area contributed by atoms with Crippen molar-refractivity contribution in [2.75, 3.05) is 18.0 Å². The van der Waals surface area contributed by atoms with Gasteiger partial charge in [-0.2, -0.15) is 0 Å². The maximum Gasteiger partial charge on any atom is 0.0417 e. The predicted octanol–water partition coefficient (Wildman–Crippen LogP) is 2.08. The Morgan fingerprint density at radius 2 is 2.29 bits per heavy atom. The molecular weight excluding hydrogens is 172 g/mol. The Morgan fingerprint density at radius 3 is 3.07 bits per heavy atom. The lowest BCUT2D eigenvalue weighted by molar-refractivity contribution is 0.605. The van der Waals surface area contributed by atoms with Crippen LogP contribution in [0.25, 0.3) is 0 Å². The molecule has 0 saturated heterocycles. The van der Waals surface area contributed by atoms with Crippen molar-refractivity contribution in [2.24, 2.45) is 5.73 Å². The molecule has 0 spiro atoms. The molecule has 74 valence electrons. The van der Waals surface area contributed by atoms with Crippen molar-refractivity contribution in [1.82, 2.24) is 0 Å². The van der Waals surface area contributed by atoms with Crippen molar-refractivity contribution >= 4 is 5.69 Å². The second kappa shape index (κ2) is 3.84. The summed E-state index contributed by atoms with van der Waals surface area (Å²) < 4.78 is 0. The summed E-state index contributed by atoms with van der Waals surface area (Å²) in [4.78, 5) is 2.33. The largest absolute Gasteiger partial charge is 0.367 e. The van der Waals surface area contributed by atoms with Gasteiger partial charge in [-0.15, -0.1) is 6.58 Å². The van der Waals surface area contributed by atoms with Gasteiger partial charge >= 0.3 is 0 Å². The third kappa shape index (κ3) is 1.53. The van der Waals surface area contributed by atoms with E-state index in [1.807, 2.05) is 6.08 Å². The Labute approximate surface area is 85.0 Å². The lowest BCUT2D eigenvalue weighted by Crippen LogP contribution is -2.33. The summed E-state index contributed by atoms with van der Waals surface area (Å²) >= 11 is 0. The van der Waals surface area contributed by atoms with Gasteiger partial charge in [0.05, 0.1) is 0 Å². The normalized spacial score (nSPS) is 20.4. The fraction of sp³-hybridized carbons (Fsp3) is 0.333. The van der Waals surface area contributed by atoms with Crippen molar-refractivity contribution in [3.8, 4) is 0 Å². The van der Waals surface area contributed by atoms with Crippen LogP contribution in [0.1, 0.15) is 18.0 Å². The summed E-state index contributed by atoms with van der Waals surface area (Å²) in [6.45, 7) is 5.71. The Balaban J connectivity index is 2.36. The fourth-order valence-electron chi connectivity index (χ4n) is 2.01. The summed E-state index contributed by atoms with van der Waals surface area (Å²) in [7, 11) is 0. The number of fused-ring (bicyclic) bond motifs is 1. The minimum Gasteiger partial charge on any atom is -0.367 e.